The average Bonchev–Trinajstić information content (AvgIpc) is 2.71. The number of carbonyl (C=O) groups is 1. The first-order valence-electron chi connectivity index (χ1n) is 8.90. The lowest BCUT2D eigenvalue weighted by atomic mass is 9.91. The van der Waals surface area contributed by atoms with E-state index in [0.29, 0.717) is 12.1 Å². The molecule has 0 unspecified atom stereocenters. The van der Waals surface area contributed by atoms with E-state index in [1.165, 1.54) is 6.07 Å². The molecule has 0 radical (unpaired) electrons. The van der Waals surface area contributed by atoms with Gasteiger partial charge in [0.1, 0.15) is 5.69 Å². The van der Waals surface area contributed by atoms with Crippen molar-refractivity contribution in [3.63, 3.8) is 0 Å². The smallest absolute Gasteiger partial charge is 0.293 e. The zero-order valence-electron chi connectivity index (χ0n) is 15.5. The summed E-state index contributed by atoms with van der Waals surface area (Å²) < 4.78 is 0. The Balaban J connectivity index is 1.86. The highest BCUT2D eigenvalue weighted by molar-refractivity contribution is 6.01. The van der Waals surface area contributed by atoms with E-state index in [4.69, 9.17) is 5.73 Å². The lowest BCUT2D eigenvalue weighted by Crippen LogP contribution is -2.29. The van der Waals surface area contributed by atoms with E-state index >= 15 is 0 Å². The molecule has 0 spiro atoms. The fourth-order valence-electron chi connectivity index (χ4n) is 3.21. The molecule has 6 nitrogen and oxygen atoms in total. The Labute approximate surface area is 163 Å². The molecule has 0 heterocycles. The first-order chi connectivity index (χ1) is 13.5. The van der Waals surface area contributed by atoms with Gasteiger partial charge in [-0.3, -0.25) is 14.9 Å². The van der Waals surface area contributed by atoms with Crippen molar-refractivity contribution in [2.75, 3.05) is 12.3 Å². The fourth-order valence-corrected chi connectivity index (χ4v) is 3.21. The van der Waals surface area contributed by atoms with Crippen LogP contribution in [0.1, 0.15) is 33.0 Å². The molecule has 3 aromatic carbocycles. The Hall–Kier alpha value is -3.67. The van der Waals surface area contributed by atoms with Crippen molar-refractivity contribution in [2.24, 2.45) is 0 Å². The van der Waals surface area contributed by atoms with Gasteiger partial charge in [0.2, 0.25) is 0 Å². The molecule has 3 aromatic rings. The number of nitrogens with zero attached hydrogens (tertiary/aromatic N) is 1. The molecule has 0 aliphatic heterocycles. The van der Waals surface area contributed by atoms with Gasteiger partial charge in [0.05, 0.1) is 10.5 Å². The van der Waals surface area contributed by atoms with Crippen LogP contribution in [0.3, 0.4) is 0 Å². The standard InChI is InChI=1S/C22H21N3O3/c1-15-12-18(21(23)20(13-15)25(27)28)22(26)24-14-19(16-8-4-2-5-9-16)17-10-6-3-7-11-17/h2-13,19H,14,23H2,1H3,(H,24,26). The molecule has 0 aliphatic carbocycles. The molecule has 0 aliphatic rings. The molecule has 0 saturated heterocycles. The highest BCUT2D eigenvalue weighted by Crippen LogP contribution is 2.28. The third-order valence-electron chi connectivity index (χ3n) is 4.61. The molecule has 0 atom stereocenters. The number of nitro benzene ring substituents is 1. The van der Waals surface area contributed by atoms with Crippen molar-refractivity contribution in [3.05, 3.63) is 105 Å². The number of carbonyl (C=O) groups excluding carboxylic acids is 1. The predicted octanol–water partition coefficient (Wildman–Crippen LogP) is 4.05. The van der Waals surface area contributed by atoms with Gasteiger partial charge in [0.25, 0.3) is 11.6 Å². The number of anilines is 1. The number of amides is 1. The summed E-state index contributed by atoms with van der Waals surface area (Å²) in [6, 6.07) is 22.7. The number of rotatable bonds is 6. The number of hydrogen-bond donors (Lipinski definition) is 2. The zero-order chi connectivity index (χ0) is 20.1. The topological polar surface area (TPSA) is 98.3 Å². The maximum absolute atomic E-state index is 12.7. The van der Waals surface area contributed by atoms with Crippen molar-refractivity contribution < 1.29 is 9.72 Å². The number of nitrogens with two attached hydrogens (primary N) is 1. The number of aryl methyl sites for hydroxylation is 1. The molecule has 0 bridgehead atoms. The number of hydrogen-bond acceptors (Lipinski definition) is 4. The quantitative estimate of drug-likeness (QED) is 0.386. The molecule has 0 aromatic heterocycles. The molecule has 1 amide bonds. The van der Waals surface area contributed by atoms with Crippen molar-refractivity contribution in [1.82, 2.24) is 5.32 Å². The first-order valence-corrected chi connectivity index (χ1v) is 8.90. The molecule has 28 heavy (non-hydrogen) atoms. The van der Waals surface area contributed by atoms with Crippen molar-refractivity contribution in [3.8, 4) is 0 Å². The van der Waals surface area contributed by atoms with Crippen molar-refractivity contribution in [1.29, 1.82) is 0 Å². The van der Waals surface area contributed by atoms with Gasteiger partial charge < -0.3 is 11.1 Å². The second-order valence-electron chi connectivity index (χ2n) is 6.59. The first kappa shape index (κ1) is 19.1. The molecular formula is C22H21N3O3. The van der Waals surface area contributed by atoms with Gasteiger partial charge in [-0.05, 0) is 29.7 Å². The van der Waals surface area contributed by atoms with E-state index in [1.54, 1.807) is 13.0 Å². The third kappa shape index (κ3) is 4.17. The van der Waals surface area contributed by atoms with Crippen LogP contribution in [-0.2, 0) is 0 Å². The van der Waals surface area contributed by atoms with Gasteiger partial charge in [-0.25, -0.2) is 0 Å². The molecule has 0 saturated carbocycles. The van der Waals surface area contributed by atoms with Crippen LogP contribution in [-0.4, -0.2) is 17.4 Å². The summed E-state index contributed by atoms with van der Waals surface area (Å²) in [4.78, 5) is 23.4. The largest absolute Gasteiger partial charge is 0.393 e. The number of nitrogens with one attached hydrogen (secondary N) is 1. The fraction of sp³-hybridized carbons (Fsp3) is 0.136. The van der Waals surface area contributed by atoms with Crippen LogP contribution < -0.4 is 11.1 Å². The van der Waals surface area contributed by atoms with Crippen LogP contribution in [0.15, 0.2) is 72.8 Å². The zero-order valence-corrected chi connectivity index (χ0v) is 15.5. The molecular weight excluding hydrogens is 354 g/mol. The summed E-state index contributed by atoms with van der Waals surface area (Å²) in [6.07, 6.45) is 0. The maximum Gasteiger partial charge on any atom is 0.293 e. The van der Waals surface area contributed by atoms with Gasteiger partial charge >= 0.3 is 0 Å². The van der Waals surface area contributed by atoms with Gasteiger partial charge in [-0.15, -0.1) is 0 Å². The van der Waals surface area contributed by atoms with E-state index in [-0.39, 0.29) is 22.9 Å². The van der Waals surface area contributed by atoms with Crippen molar-refractivity contribution in [2.45, 2.75) is 12.8 Å². The van der Waals surface area contributed by atoms with E-state index in [9.17, 15) is 14.9 Å². The summed E-state index contributed by atoms with van der Waals surface area (Å²) in [5.41, 5.74) is 8.36. The van der Waals surface area contributed by atoms with Gasteiger partial charge in [-0.1, -0.05) is 60.7 Å². The van der Waals surface area contributed by atoms with E-state index in [2.05, 4.69) is 5.32 Å². The Kier molecular flexibility index (Phi) is 5.69. The van der Waals surface area contributed by atoms with Crippen LogP contribution >= 0.6 is 0 Å². The van der Waals surface area contributed by atoms with Crippen molar-refractivity contribution >= 4 is 17.3 Å². The van der Waals surface area contributed by atoms with Crippen LogP contribution in [0.4, 0.5) is 11.4 Å². The molecule has 3 N–H and O–H groups in total. The van der Waals surface area contributed by atoms with Gasteiger partial charge in [-0.2, -0.15) is 0 Å². The normalized spacial score (nSPS) is 10.6. The Bertz CT molecular complexity index is 949. The highest BCUT2D eigenvalue weighted by Gasteiger charge is 2.22. The van der Waals surface area contributed by atoms with Crippen LogP contribution in [0.5, 0.6) is 0 Å². The second kappa shape index (κ2) is 8.35. The SMILES string of the molecule is Cc1cc(C(=O)NCC(c2ccccc2)c2ccccc2)c(N)c([N+](=O)[O-])c1. The molecule has 6 heteroatoms. The minimum atomic E-state index is -0.574. The minimum absolute atomic E-state index is 0.0487. The number of benzene rings is 3. The van der Waals surface area contributed by atoms with Crippen LogP contribution in [0.25, 0.3) is 0 Å². The highest BCUT2D eigenvalue weighted by atomic mass is 16.6. The minimum Gasteiger partial charge on any atom is -0.393 e. The van der Waals surface area contributed by atoms with Crippen LogP contribution in [0, 0.1) is 17.0 Å². The second-order valence-corrected chi connectivity index (χ2v) is 6.59. The summed E-state index contributed by atoms with van der Waals surface area (Å²) in [5, 5.41) is 14.1. The van der Waals surface area contributed by atoms with E-state index < -0.39 is 10.8 Å². The number of nitrogen functional groups attached to an aromatic ring is 1. The Morgan fingerprint density at radius 3 is 2.07 bits per heavy atom. The predicted molar refractivity (Wildman–Crippen MR) is 109 cm³/mol. The average molecular weight is 375 g/mol. The molecule has 3 rings (SSSR count). The van der Waals surface area contributed by atoms with Crippen LogP contribution in [0.2, 0.25) is 0 Å². The maximum atomic E-state index is 12.7. The molecule has 142 valence electrons. The Morgan fingerprint density at radius 1 is 1.04 bits per heavy atom. The number of nitro groups is 1. The lowest BCUT2D eigenvalue weighted by molar-refractivity contribution is -0.384. The monoisotopic (exact) mass is 375 g/mol. The van der Waals surface area contributed by atoms with Gasteiger partial charge in [0.15, 0.2) is 0 Å². The summed E-state index contributed by atoms with van der Waals surface area (Å²) in [5.74, 6) is -0.478. The third-order valence-corrected chi connectivity index (χ3v) is 4.61. The summed E-state index contributed by atoms with van der Waals surface area (Å²) >= 11 is 0. The lowest BCUT2D eigenvalue weighted by Gasteiger charge is -2.19. The van der Waals surface area contributed by atoms with Gasteiger partial charge in [0, 0.05) is 18.5 Å². The molecule has 0 fully saturated rings. The summed E-state index contributed by atoms with van der Waals surface area (Å²) in [7, 11) is 0. The van der Waals surface area contributed by atoms with E-state index in [0.717, 1.165) is 11.1 Å². The summed E-state index contributed by atoms with van der Waals surface area (Å²) in [6.45, 7) is 2.04. The Morgan fingerprint density at radius 2 is 1.57 bits per heavy atom. The van der Waals surface area contributed by atoms with E-state index in [1.807, 2.05) is 60.7 Å².